The van der Waals surface area contributed by atoms with Gasteiger partial charge in [0.2, 0.25) is 5.91 Å². The van der Waals surface area contributed by atoms with Gasteiger partial charge in [-0.2, -0.15) is 0 Å². The lowest BCUT2D eigenvalue weighted by atomic mass is 9.72. The summed E-state index contributed by atoms with van der Waals surface area (Å²) in [7, 11) is -1.18. The maximum atomic E-state index is 11.9. The molecule has 1 aliphatic rings. The molecule has 0 radical (unpaired) electrons. The maximum Gasteiger partial charge on any atom is 0.478 e. The Kier molecular flexibility index (Phi) is 5.29. The average Bonchev–Trinajstić information content (AvgIpc) is 2.42. The molecule has 1 fully saturated rings. The molecule has 3 N–H and O–H groups in total. The van der Waals surface area contributed by atoms with Crippen LogP contribution in [0.15, 0.2) is 24.5 Å². The van der Waals surface area contributed by atoms with Crippen LogP contribution in [0.3, 0.4) is 0 Å². The van der Waals surface area contributed by atoms with Crippen LogP contribution in [-0.4, -0.2) is 46.2 Å². The summed E-state index contributed by atoms with van der Waals surface area (Å²) >= 11 is 0. The monoisotopic (exact) mass is 292 g/mol. The van der Waals surface area contributed by atoms with E-state index in [0.29, 0.717) is 12.8 Å². The third-order valence-corrected chi connectivity index (χ3v) is 3.31. The van der Waals surface area contributed by atoms with E-state index in [1.165, 1.54) is 0 Å². The number of carbonyl (C=O) groups is 2. The van der Waals surface area contributed by atoms with Crippen molar-refractivity contribution in [2.75, 3.05) is 0 Å². The average molecular weight is 292 g/mol. The second-order valence-electron chi connectivity index (χ2n) is 5.04. The zero-order valence-corrected chi connectivity index (χ0v) is 11.4. The minimum absolute atomic E-state index is 0.145. The quantitative estimate of drug-likeness (QED) is 0.647. The van der Waals surface area contributed by atoms with Crippen LogP contribution < -0.4 is 5.32 Å². The molecule has 7 nitrogen and oxygen atoms in total. The molecule has 2 heterocycles. The highest BCUT2D eigenvalue weighted by Crippen LogP contribution is 2.18. The number of aromatic nitrogens is 1. The molecule has 112 valence electrons. The zero-order valence-electron chi connectivity index (χ0n) is 11.4. The molecule has 0 bridgehead atoms. The number of carbonyl (C=O) groups excluding carboxylic acids is 1. The minimum Gasteiger partial charge on any atom is -0.481 e. The Labute approximate surface area is 122 Å². The smallest absolute Gasteiger partial charge is 0.478 e. The van der Waals surface area contributed by atoms with Gasteiger partial charge in [0, 0.05) is 12.4 Å². The van der Waals surface area contributed by atoms with Gasteiger partial charge in [0.15, 0.2) is 0 Å². The molecular weight excluding hydrogens is 275 g/mol. The summed E-state index contributed by atoms with van der Waals surface area (Å²) in [6.45, 7) is 0. The van der Waals surface area contributed by atoms with E-state index in [1.54, 1.807) is 24.5 Å². The highest BCUT2D eigenvalue weighted by Gasteiger charge is 2.36. The van der Waals surface area contributed by atoms with Crippen LogP contribution in [0, 0.1) is 0 Å². The molecule has 21 heavy (non-hydrogen) atoms. The fraction of sp³-hybridized carbons (Fsp3) is 0.462. The lowest BCUT2D eigenvalue weighted by Gasteiger charge is -2.30. The molecule has 0 saturated carbocycles. The Hall–Kier alpha value is -1.93. The van der Waals surface area contributed by atoms with Crippen LogP contribution in [0.5, 0.6) is 0 Å². The Morgan fingerprint density at radius 2 is 2.29 bits per heavy atom. The van der Waals surface area contributed by atoms with Gasteiger partial charge in [-0.1, -0.05) is 6.07 Å². The van der Waals surface area contributed by atoms with Crippen molar-refractivity contribution >= 4 is 19.0 Å². The van der Waals surface area contributed by atoms with Gasteiger partial charge in [-0.3, -0.25) is 14.6 Å². The summed E-state index contributed by atoms with van der Waals surface area (Å²) in [6, 6.07) is 3.54. The Balaban J connectivity index is 1.81. The van der Waals surface area contributed by atoms with E-state index in [1.807, 2.05) is 0 Å². The van der Waals surface area contributed by atoms with E-state index in [9.17, 15) is 14.6 Å². The van der Waals surface area contributed by atoms with E-state index in [4.69, 9.17) is 9.76 Å². The van der Waals surface area contributed by atoms with E-state index in [2.05, 4.69) is 10.3 Å². The summed E-state index contributed by atoms with van der Waals surface area (Å²) in [4.78, 5) is 26.4. The van der Waals surface area contributed by atoms with Crippen molar-refractivity contribution in [1.82, 2.24) is 10.3 Å². The van der Waals surface area contributed by atoms with Crippen molar-refractivity contribution in [3.8, 4) is 0 Å². The number of carboxylic acids is 1. The van der Waals surface area contributed by atoms with Crippen molar-refractivity contribution in [2.45, 2.75) is 37.7 Å². The largest absolute Gasteiger partial charge is 0.481 e. The predicted molar refractivity (Wildman–Crippen MR) is 74.2 cm³/mol. The first kappa shape index (κ1) is 15.5. The molecule has 0 spiro atoms. The van der Waals surface area contributed by atoms with Gasteiger partial charge in [0.1, 0.15) is 0 Å². The lowest BCUT2D eigenvalue weighted by molar-refractivity contribution is -0.139. The van der Waals surface area contributed by atoms with Gasteiger partial charge in [-0.15, -0.1) is 0 Å². The van der Waals surface area contributed by atoms with Crippen molar-refractivity contribution < 1.29 is 24.4 Å². The molecule has 1 aliphatic heterocycles. The van der Waals surface area contributed by atoms with E-state index >= 15 is 0 Å². The fourth-order valence-corrected chi connectivity index (χ4v) is 2.30. The third-order valence-electron chi connectivity index (χ3n) is 3.31. The number of hydrogen-bond acceptors (Lipinski definition) is 5. The molecule has 0 aromatic carbocycles. The number of nitrogens with one attached hydrogen (secondary N) is 1. The Morgan fingerprint density at radius 3 is 2.90 bits per heavy atom. The molecule has 1 aromatic rings. The molecule has 1 aromatic heterocycles. The topological polar surface area (TPSA) is 109 Å². The molecule has 0 unspecified atom stereocenters. The summed E-state index contributed by atoms with van der Waals surface area (Å²) < 4.78 is 5.21. The fourth-order valence-electron chi connectivity index (χ4n) is 2.30. The first-order chi connectivity index (χ1) is 10.0. The van der Waals surface area contributed by atoms with Gasteiger partial charge in [-0.25, -0.2) is 0 Å². The highest BCUT2D eigenvalue weighted by molar-refractivity contribution is 6.45. The zero-order chi connectivity index (χ0) is 15.2. The van der Waals surface area contributed by atoms with Crippen LogP contribution >= 0.6 is 0 Å². The number of hydrogen-bond donors (Lipinski definition) is 3. The molecule has 8 heteroatoms. The van der Waals surface area contributed by atoms with Crippen molar-refractivity contribution in [3.05, 3.63) is 30.1 Å². The SMILES string of the molecule is O=C(O)C[C@@H]1CC[C@H](NC(=O)Cc2cccnc2)B(O)O1. The van der Waals surface area contributed by atoms with Gasteiger partial charge in [-0.05, 0) is 24.5 Å². The number of aliphatic carboxylic acids is 1. The summed E-state index contributed by atoms with van der Waals surface area (Å²) in [6.07, 6.45) is 3.73. The van der Waals surface area contributed by atoms with Crippen molar-refractivity contribution in [1.29, 1.82) is 0 Å². The second kappa shape index (κ2) is 7.19. The third kappa shape index (κ3) is 4.84. The van der Waals surface area contributed by atoms with Gasteiger partial charge in [0.05, 0.1) is 24.9 Å². The molecule has 2 atom stereocenters. The summed E-state index contributed by atoms with van der Waals surface area (Å²) in [5.41, 5.74) is 0.782. The highest BCUT2D eigenvalue weighted by atomic mass is 16.5. The van der Waals surface area contributed by atoms with Crippen molar-refractivity contribution in [2.24, 2.45) is 0 Å². The molecular formula is C13H17BN2O5. The standard InChI is InChI=1S/C13H17BN2O5/c17-12(6-9-2-1-5-15-8-9)16-11-4-3-10(7-13(18)19)21-14(11)20/h1-2,5,8,10-11,20H,3-4,6-7H2,(H,16,17)(H,18,19)/t10-,11-/m0/s1. The van der Waals surface area contributed by atoms with Crippen LogP contribution in [0.25, 0.3) is 0 Å². The predicted octanol–water partition coefficient (Wildman–Crippen LogP) is -0.218. The van der Waals surface area contributed by atoms with E-state index in [-0.39, 0.29) is 18.7 Å². The Morgan fingerprint density at radius 1 is 1.48 bits per heavy atom. The molecule has 1 amide bonds. The molecule has 0 aliphatic carbocycles. The maximum absolute atomic E-state index is 11.9. The number of amides is 1. The number of rotatable bonds is 5. The van der Waals surface area contributed by atoms with Crippen LogP contribution in [0.4, 0.5) is 0 Å². The van der Waals surface area contributed by atoms with E-state index < -0.39 is 25.1 Å². The van der Waals surface area contributed by atoms with Crippen LogP contribution in [-0.2, 0) is 20.7 Å². The number of carboxylic acid groups (broad SMARTS) is 1. The normalized spacial score (nSPS) is 21.9. The minimum atomic E-state index is -1.18. The summed E-state index contributed by atoms with van der Waals surface area (Å²) in [5.74, 6) is -1.71. The van der Waals surface area contributed by atoms with Gasteiger partial charge < -0.3 is 20.1 Å². The van der Waals surface area contributed by atoms with Gasteiger partial charge in [0.25, 0.3) is 0 Å². The lowest BCUT2D eigenvalue weighted by Crippen LogP contribution is -2.53. The number of nitrogens with zero attached hydrogens (tertiary/aromatic N) is 1. The first-order valence-electron chi connectivity index (χ1n) is 6.78. The van der Waals surface area contributed by atoms with E-state index in [0.717, 1.165) is 5.56 Å². The first-order valence-corrected chi connectivity index (χ1v) is 6.78. The Bertz CT molecular complexity index is 499. The summed E-state index contributed by atoms with van der Waals surface area (Å²) in [5, 5.41) is 21.2. The van der Waals surface area contributed by atoms with Crippen LogP contribution in [0.2, 0.25) is 0 Å². The van der Waals surface area contributed by atoms with Crippen LogP contribution in [0.1, 0.15) is 24.8 Å². The molecule has 1 saturated heterocycles. The van der Waals surface area contributed by atoms with Gasteiger partial charge >= 0.3 is 13.1 Å². The number of pyridine rings is 1. The second-order valence-corrected chi connectivity index (χ2v) is 5.04. The molecule has 2 rings (SSSR count). The van der Waals surface area contributed by atoms with Crippen molar-refractivity contribution in [3.63, 3.8) is 0 Å².